The zero-order valence-electron chi connectivity index (χ0n) is 20.3. The molecule has 0 aromatic heterocycles. The molecule has 0 amide bonds. The fraction of sp³-hybridized carbons (Fsp3) is 0.321. The van der Waals surface area contributed by atoms with Crippen molar-refractivity contribution < 1.29 is 27.8 Å². The molecule has 198 valence electrons. The minimum Gasteiger partial charge on any atom is -0.490 e. The molecule has 37 heavy (non-hydrogen) atoms. The lowest BCUT2D eigenvalue weighted by atomic mass is 10.0. The summed E-state index contributed by atoms with van der Waals surface area (Å²) in [6.45, 7) is 3.33. The minimum atomic E-state index is -0.797. The molecule has 5 nitrogen and oxygen atoms in total. The van der Waals surface area contributed by atoms with Crippen LogP contribution < -0.4 is 9.64 Å². The van der Waals surface area contributed by atoms with E-state index in [0.717, 1.165) is 43.5 Å². The molecule has 1 atom stereocenters. The summed E-state index contributed by atoms with van der Waals surface area (Å²) >= 11 is 0. The normalized spacial score (nSPS) is 14.6. The summed E-state index contributed by atoms with van der Waals surface area (Å²) in [6.07, 6.45) is -0.289. The van der Waals surface area contributed by atoms with Crippen LogP contribution in [0.2, 0.25) is 0 Å². The van der Waals surface area contributed by atoms with Gasteiger partial charge >= 0.3 is 0 Å². The molecule has 3 aromatic carbocycles. The van der Waals surface area contributed by atoms with Gasteiger partial charge in [0.15, 0.2) is 5.78 Å². The summed E-state index contributed by atoms with van der Waals surface area (Å²) in [4.78, 5) is 17.1. The van der Waals surface area contributed by atoms with Gasteiger partial charge in [0.1, 0.15) is 35.9 Å². The molecule has 1 aliphatic heterocycles. The fourth-order valence-corrected chi connectivity index (χ4v) is 4.27. The maximum atomic E-state index is 13.9. The van der Waals surface area contributed by atoms with E-state index in [1.807, 2.05) is 0 Å². The number of anilines is 1. The first-order valence-corrected chi connectivity index (χ1v) is 12.0. The highest BCUT2D eigenvalue weighted by atomic mass is 35.5. The summed E-state index contributed by atoms with van der Waals surface area (Å²) < 4.78 is 45.8. The first kappa shape index (κ1) is 28.5. The van der Waals surface area contributed by atoms with Gasteiger partial charge in [0.05, 0.1) is 5.56 Å². The number of piperazine rings is 1. The number of carbonyl (C=O) groups is 1. The topological polar surface area (TPSA) is 53.0 Å². The first-order chi connectivity index (χ1) is 17.4. The van der Waals surface area contributed by atoms with Crippen LogP contribution in [-0.4, -0.2) is 61.2 Å². The number of nitrogens with zero attached hydrogens (tertiary/aromatic N) is 2. The summed E-state index contributed by atoms with van der Waals surface area (Å²) in [5, 5.41) is 10.5. The summed E-state index contributed by atoms with van der Waals surface area (Å²) in [7, 11) is 0. The highest BCUT2D eigenvalue weighted by Crippen LogP contribution is 2.23. The van der Waals surface area contributed by atoms with Crippen LogP contribution in [0.5, 0.6) is 5.75 Å². The third-order valence-electron chi connectivity index (χ3n) is 6.26. The van der Waals surface area contributed by atoms with Crippen LogP contribution >= 0.6 is 12.4 Å². The molecule has 4 rings (SSSR count). The lowest BCUT2D eigenvalue weighted by Gasteiger charge is -2.36. The maximum Gasteiger partial charge on any atom is 0.167 e. The van der Waals surface area contributed by atoms with Gasteiger partial charge in [-0.1, -0.05) is 12.1 Å². The van der Waals surface area contributed by atoms with Crippen molar-refractivity contribution in [3.8, 4) is 5.75 Å². The number of ketones is 1. The number of benzene rings is 3. The molecule has 3 aromatic rings. The Morgan fingerprint density at radius 2 is 1.46 bits per heavy atom. The van der Waals surface area contributed by atoms with Gasteiger partial charge in [-0.2, -0.15) is 0 Å². The molecule has 1 aliphatic rings. The number of hydrogen-bond donors (Lipinski definition) is 1. The molecule has 1 N–H and O–H groups in total. The van der Waals surface area contributed by atoms with E-state index in [1.54, 1.807) is 24.3 Å². The fourth-order valence-electron chi connectivity index (χ4n) is 4.27. The molecule has 9 heteroatoms. The Morgan fingerprint density at radius 1 is 0.865 bits per heavy atom. The Bertz CT molecular complexity index is 1150. The number of hydrogen-bond acceptors (Lipinski definition) is 5. The first-order valence-electron chi connectivity index (χ1n) is 12.0. The number of aryl methyl sites for hydroxylation is 1. The number of rotatable bonds is 10. The van der Waals surface area contributed by atoms with Crippen LogP contribution in [0.3, 0.4) is 0 Å². The molecule has 0 saturated carbocycles. The van der Waals surface area contributed by atoms with E-state index in [-0.39, 0.29) is 54.2 Å². The number of β-amino-alcohol motifs (C(OH)–C–C–N with tert-alkyl or cyclic N) is 1. The standard InChI is InChI=1S/C28H29F3N2O3.ClH/c29-21-4-1-20(2-5-21)3-11-27(35)26-17-23(31)8-12-28(26)36-19-25(34)18-32-13-15-33(16-14-32)24-9-6-22(30)7-10-24;/h1-2,4-10,12,17,25,34H,3,11,13-16,18-19H2;1H. The van der Waals surface area contributed by atoms with Crippen LogP contribution in [0, 0.1) is 17.5 Å². The second kappa shape index (κ2) is 13.5. The van der Waals surface area contributed by atoms with Gasteiger partial charge in [-0.05, 0) is 66.6 Å². The van der Waals surface area contributed by atoms with Crippen LogP contribution in [0.15, 0.2) is 66.7 Å². The summed E-state index contributed by atoms with van der Waals surface area (Å²) in [5.41, 5.74) is 1.89. The Balaban J connectivity index is 0.00000380. The van der Waals surface area contributed by atoms with Gasteiger partial charge in [0, 0.05) is 44.8 Å². The van der Waals surface area contributed by atoms with Crippen molar-refractivity contribution in [3.05, 3.63) is 95.3 Å². The number of carbonyl (C=O) groups excluding carboxylic acids is 1. The summed E-state index contributed by atoms with van der Waals surface area (Å²) in [6, 6.07) is 16.1. The number of Topliss-reactive ketones (excluding diaryl/α,β-unsaturated/α-hetero) is 1. The van der Waals surface area contributed by atoms with Gasteiger partial charge in [-0.25, -0.2) is 13.2 Å². The Kier molecular flexibility index (Phi) is 10.4. The average molecular weight is 535 g/mol. The second-order valence-corrected chi connectivity index (χ2v) is 8.92. The molecule has 0 spiro atoms. The van der Waals surface area contributed by atoms with Crippen LogP contribution in [0.4, 0.5) is 18.9 Å². The van der Waals surface area contributed by atoms with Crippen molar-refractivity contribution in [1.82, 2.24) is 4.90 Å². The number of ether oxygens (including phenoxy) is 1. The highest BCUT2D eigenvalue weighted by molar-refractivity contribution is 5.98. The van der Waals surface area contributed by atoms with E-state index in [9.17, 15) is 23.1 Å². The molecule has 1 saturated heterocycles. The summed E-state index contributed by atoms with van der Waals surface area (Å²) in [5.74, 6) is -1.23. The Labute approximate surface area is 220 Å². The lowest BCUT2D eigenvalue weighted by molar-refractivity contribution is 0.0655. The van der Waals surface area contributed by atoms with Crippen LogP contribution in [0.1, 0.15) is 22.3 Å². The van der Waals surface area contributed by atoms with Gasteiger partial charge in [0.25, 0.3) is 0 Å². The number of aliphatic hydroxyl groups excluding tert-OH is 1. The molecule has 0 bridgehead atoms. The van der Waals surface area contributed by atoms with E-state index in [2.05, 4.69) is 9.80 Å². The largest absolute Gasteiger partial charge is 0.490 e. The Morgan fingerprint density at radius 3 is 2.11 bits per heavy atom. The van der Waals surface area contributed by atoms with Crippen LogP contribution in [0.25, 0.3) is 0 Å². The molecule has 0 radical (unpaired) electrons. The van der Waals surface area contributed by atoms with E-state index in [4.69, 9.17) is 4.74 Å². The smallest absolute Gasteiger partial charge is 0.167 e. The van der Waals surface area contributed by atoms with E-state index in [1.165, 1.54) is 36.4 Å². The van der Waals surface area contributed by atoms with E-state index < -0.39 is 11.9 Å². The number of aliphatic hydroxyl groups is 1. The maximum absolute atomic E-state index is 13.9. The average Bonchev–Trinajstić information content (AvgIpc) is 2.88. The molecular formula is C28H30ClF3N2O3. The molecule has 0 aliphatic carbocycles. The van der Waals surface area contributed by atoms with Crippen molar-refractivity contribution in [2.45, 2.75) is 18.9 Å². The zero-order chi connectivity index (χ0) is 25.5. The molecule has 1 heterocycles. The van der Waals surface area contributed by atoms with Gasteiger partial charge < -0.3 is 14.7 Å². The van der Waals surface area contributed by atoms with Crippen molar-refractivity contribution in [1.29, 1.82) is 0 Å². The van der Waals surface area contributed by atoms with Gasteiger partial charge in [-0.3, -0.25) is 9.69 Å². The highest BCUT2D eigenvalue weighted by Gasteiger charge is 2.21. The van der Waals surface area contributed by atoms with Gasteiger partial charge in [0.2, 0.25) is 0 Å². The van der Waals surface area contributed by atoms with Crippen molar-refractivity contribution in [2.24, 2.45) is 0 Å². The predicted molar refractivity (Wildman–Crippen MR) is 139 cm³/mol. The monoisotopic (exact) mass is 534 g/mol. The third-order valence-corrected chi connectivity index (χ3v) is 6.26. The van der Waals surface area contributed by atoms with Crippen molar-refractivity contribution in [2.75, 3.05) is 44.2 Å². The third kappa shape index (κ3) is 8.21. The predicted octanol–water partition coefficient (Wildman–Crippen LogP) is 4.90. The van der Waals surface area contributed by atoms with Crippen molar-refractivity contribution >= 4 is 23.9 Å². The van der Waals surface area contributed by atoms with Crippen molar-refractivity contribution in [3.63, 3.8) is 0 Å². The minimum absolute atomic E-state index is 0. The van der Waals surface area contributed by atoms with E-state index in [0.29, 0.717) is 13.0 Å². The second-order valence-electron chi connectivity index (χ2n) is 8.92. The molecular weight excluding hydrogens is 505 g/mol. The molecule has 1 fully saturated rings. The molecule has 1 unspecified atom stereocenters. The SMILES string of the molecule is Cl.O=C(CCc1ccc(F)cc1)c1cc(F)ccc1OCC(O)CN1CCN(c2ccc(F)cc2)CC1. The number of halogens is 4. The van der Waals surface area contributed by atoms with Crippen LogP contribution in [-0.2, 0) is 6.42 Å². The lowest BCUT2D eigenvalue weighted by Crippen LogP contribution is -2.49. The Hall–Kier alpha value is -3.07. The van der Waals surface area contributed by atoms with Gasteiger partial charge in [-0.15, -0.1) is 12.4 Å². The van der Waals surface area contributed by atoms with E-state index >= 15 is 0 Å². The quantitative estimate of drug-likeness (QED) is 0.375. The zero-order valence-corrected chi connectivity index (χ0v) is 21.1.